The van der Waals surface area contributed by atoms with E-state index in [1.807, 2.05) is 7.11 Å². The molecule has 0 aromatic rings. The number of methoxy groups -OCH3 is 1. The fourth-order valence-electron chi connectivity index (χ4n) is 2.96. The molecule has 1 saturated carbocycles. The summed E-state index contributed by atoms with van der Waals surface area (Å²) in [5.41, 5.74) is 0.621. The Bertz CT molecular complexity index is 146. The highest BCUT2D eigenvalue weighted by Crippen LogP contribution is 2.46. The van der Waals surface area contributed by atoms with Crippen LogP contribution in [0, 0.1) is 11.3 Å². The molecule has 0 amide bonds. The highest BCUT2D eigenvalue weighted by atomic mass is 16.5. The van der Waals surface area contributed by atoms with Gasteiger partial charge >= 0.3 is 0 Å². The van der Waals surface area contributed by atoms with E-state index in [9.17, 15) is 0 Å². The molecule has 1 atom stereocenters. The van der Waals surface area contributed by atoms with E-state index in [4.69, 9.17) is 4.74 Å². The van der Waals surface area contributed by atoms with Crippen molar-refractivity contribution in [2.75, 3.05) is 26.8 Å². The summed E-state index contributed by atoms with van der Waals surface area (Å²) in [7, 11) is 1.82. The van der Waals surface area contributed by atoms with Gasteiger partial charge in [-0.1, -0.05) is 12.8 Å². The van der Waals surface area contributed by atoms with Crippen molar-refractivity contribution in [3.05, 3.63) is 0 Å². The lowest BCUT2D eigenvalue weighted by Crippen LogP contribution is -2.29. The van der Waals surface area contributed by atoms with E-state index in [-0.39, 0.29) is 0 Å². The lowest BCUT2D eigenvalue weighted by atomic mass is 9.77. The van der Waals surface area contributed by atoms with Crippen LogP contribution in [0.1, 0.15) is 25.7 Å². The van der Waals surface area contributed by atoms with E-state index in [0.29, 0.717) is 5.41 Å². The van der Waals surface area contributed by atoms with Crippen molar-refractivity contribution in [2.24, 2.45) is 11.3 Å². The Morgan fingerprint density at radius 2 is 2.17 bits per heavy atom. The minimum Gasteiger partial charge on any atom is -0.384 e. The van der Waals surface area contributed by atoms with Gasteiger partial charge in [-0.15, -0.1) is 0 Å². The maximum atomic E-state index is 5.27. The molecule has 0 aromatic carbocycles. The smallest absolute Gasteiger partial charge is 0.0508 e. The van der Waals surface area contributed by atoms with Crippen LogP contribution in [0.25, 0.3) is 0 Å². The van der Waals surface area contributed by atoms with Gasteiger partial charge in [-0.05, 0) is 18.3 Å². The van der Waals surface area contributed by atoms with Gasteiger partial charge < -0.3 is 10.1 Å². The molecule has 2 aliphatic rings. The molecule has 2 fully saturated rings. The first-order valence-corrected chi connectivity index (χ1v) is 5.07. The topological polar surface area (TPSA) is 21.3 Å². The van der Waals surface area contributed by atoms with Gasteiger partial charge in [0.2, 0.25) is 0 Å². The average molecular weight is 169 g/mol. The molecule has 2 heteroatoms. The van der Waals surface area contributed by atoms with Crippen LogP contribution in [0.4, 0.5) is 0 Å². The standard InChI is InChI=1S/C10H19NO/c1-12-7-9-6-11-8-10(9)4-2-3-5-10/h9,11H,2-8H2,1H3/t9-/m0/s1. The Hall–Kier alpha value is -0.0800. The van der Waals surface area contributed by atoms with Gasteiger partial charge in [-0.2, -0.15) is 0 Å². The highest BCUT2D eigenvalue weighted by molar-refractivity contribution is 4.97. The summed E-state index contributed by atoms with van der Waals surface area (Å²) < 4.78 is 5.27. The zero-order valence-corrected chi connectivity index (χ0v) is 7.94. The van der Waals surface area contributed by atoms with E-state index >= 15 is 0 Å². The Balaban J connectivity index is 2.01. The van der Waals surface area contributed by atoms with Crippen LogP contribution in [0.3, 0.4) is 0 Å². The van der Waals surface area contributed by atoms with Gasteiger partial charge in [-0.3, -0.25) is 0 Å². The Morgan fingerprint density at radius 1 is 1.42 bits per heavy atom. The molecule has 70 valence electrons. The van der Waals surface area contributed by atoms with Crippen molar-refractivity contribution in [3.63, 3.8) is 0 Å². The first-order chi connectivity index (χ1) is 5.87. The van der Waals surface area contributed by atoms with Crippen LogP contribution < -0.4 is 5.32 Å². The van der Waals surface area contributed by atoms with Gasteiger partial charge in [0.25, 0.3) is 0 Å². The van der Waals surface area contributed by atoms with Crippen molar-refractivity contribution in [1.82, 2.24) is 5.32 Å². The molecule has 2 nitrogen and oxygen atoms in total. The molecule has 2 rings (SSSR count). The van der Waals surface area contributed by atoms with Gasteiger partial charge in [0.1, 0.15) is 0 Å². The molecule has 1 saturated heterocycles. The average Bonchev–Trinajstić information content (AvgIpc) is 2.66. The number of rotatable bonds is 2. The van der Waals surface area contributed by atoms with E-state index in [0.717, 1.165) is 12.5 Å². The normalized spacial score (nSPS) is 33.2. The van der Waals surface area contributed by atoms with Gasteiger partial charge in [0.15, 0.2) is 0 Å². The van der Waals surface area contributed by atoms with Crippen molar-refractivity contribution in [1.29, 1.82) is 0 Å². The summed E-state index contributed by atoms with van der Waals surface area (Å²) in [6.45, 7) is 3.36. The summed E-state index contributed by atoms with van der Waals surface area (Å²) >= 11 is 0. The fraction of sp³-hybridized carbons (Fsp3) is 1.00. The van der Waals surface area contributed by atoms with Crippen LogP contribution in [-0.2, 0) is 4.74 Å². The molecule has 1 aliphatic heterocycles. The molecule has 1 aliphatic carbocycles. The van der Waals surface area contributed by atoms with Crippen LogP contribution >= 0.6 is 0 Å². The maximum Gasteiger partial charge on any atom is 0.0508 e. The predicted molar refractivity (Wildman–Crippen MR) is 49.1 cm³/mol. The van der Waals surface area contributed by atoms with Crippen LogP contribution in [0.2, 0.25) is 0 Å². The third-order valence-corrected chi connectivity index (χ3v) is 3.70. The molecule has 12 heavy (non-hydrogen) atoms. The molecule has 0 bridgehead atoms. The third-order valence-electron chi connectivity index (χ3n) is 3.70. The minimum atomic E-state index is 0.621. The van der Waals surface area contributed by atoms with Gasteiger partial charge in [0.05, 0.1) is 6.61 Å². The van der Waals surface area contributed by atoms with Crippen molar-refractivity contribution >= 4 is 0 Å². The number of nitrogens with one attached hydrogen (secondary N) is 1. The minimum absolute atomic E-state index is 0.621. The molecule has 1 spiro atoms. The summed E-state index contributed by atoms with van der Waals surface area (Å²) in [4.78, 5) is 0. The van der Waals surface area contributed by atoms with Crippen molar-refractivity contribution in [3.8, 4) is 0 Å². The first-order valence-electron chi connectivity index (χ1n) is 5.07. The van der Waals surface area contributed by atoms with E-state index in [2.05, 4.69) is 5.32 Å². The largest absolute Gasteiger partial charge is 0.384 e. The predicted octanol–water partition coefficient (Wildman–Crippen LogP) is 1.41. The SMILES string of the molecule is COC[C@@H]1CNCC12CCCC2. The van der Waals surface area contributed by atoms with E-state index < -0.39 is 0 Å². The maximum absolute atomic E-state index is 5.27. The lowest BCUT2D eigenvalue weighted by Gasteiger charge is -2.29. The highest BCUT2D eigenvalue weighted by Gasteiger charge is 2.44. The zero-order chi connectivity index (χ0) is 8.44. The summed E-state index contributed by atoms with van der Waals surface area (Å²) in [6.07, 6.45) is 5.71. The molecular formula is C10H19NO. The fourth-order valence-corrected chi connectivity index (χ4v) is 2.96. The molecule has 1 heterocycles. The first kappa shape index (κ1) is 8.52. The quantitative estimate of drug-likeness (QED) is 0.675. The van der Waals surface area contributed by atoms with Crippen LogP contribution in [-0.4, -0.2) is 26.8 Å². The number of ether oxygens (including phenoxy) is 1. The Kier molecular flexibility index (Phi) is 2.37. The Labute approximate surface area is 74.7 Å². The molecule has 1 N–H and O–H groups in total. The number of hydrogen-bond donors (Lipinski definition) is 1. The summed E-state index contributed by atoms with van der Waals surface area (Å²) in [5.74, 6) is 0.782. The third kappa shape index (κ3) is 1.27. The second kappa shape index (κ2) is 3.35. The van der Waals surface area contributed by atoms with Gasteiger partial charge in [0, 0.05) is 26.1 Å². The molecule has 0 radical (unpaired) electrons. The van der Waals surface area contributed by atoms with Crippen LogP contribution in [0.15, 0.2) is 0 Å². The van der Waals surface area contributed by atoms with Crippen LogP contribution in [0.5, 0.6) is 0 Å². The van der Waals surface area contributed by atoms with Crippen molar-refractivity contribution < 1.29 is 4.74 Å². The summed E-state index contributed by atoms with van der Waals surface area (Å²) in [6, 6.07) is 0. The molecule has 0 aromatic heterocycles. The lowest BCUT2D eigenvalue weighted by molar-refractivity contribution is 0.0968. The molecule has 0 unspecified atom stereocenters. The summed E-state index contributed by atoms with van der Waals surface area (Å²) in [5, 5.41) is 3.51. The van der Waals surface area contributed by atoms with Crippen molar-refractivity contribution in [2.45, 2.75) is 25.7 Å². The zero-order valence-electron chi connectivity index (χ0n) is 7.94. The second-order valence-electron chi connectivity index (χ2n) is 4.35. The second-order valence-corrected chi connectivity index (χ2v) is 4.35. The molecular weight excluding hydrogens is 150 g/mol. The van der Waals surface area contributed by atoms with E-state index in [1.54, 1.807) is 0 Å². The Morgan fingerprint density at radius 3 is 2.83 bits per heavy atom. The van der Waals surface area contributed by atoms with E-state index in [1.165, 1.54) is 38.8 Å². The van der Waals surface area contributed by atoms with Gasteiger partial charge in [-0.25, -0.2) is 0 Å². The monoisotopic (exact) mass is 169 g/mol. The number of hydrogen-bond acceptors (Lipinski definition) is 2.